The molecular formula is C16H24O3. The van der Waals surface area contributed by atoms with Crippen molar-refractivity contribution in [2.45, 2.75) is 46.5 Å². The van der Waals surface area contributed by atoms with Crippen molar-refractivity contribution in [1.29, 1.82) is 0 Å². The standard InChI is InChI=1S/C16H24O3/c1-11-6-7-14(19-5)13(8-11)12(9-15(17)18)10-16(2,3)4/h6-8,12H,9-10H2,1-5H3,(H,17,18). The first-order valence-corrected chi connectivity index (χ1v) is 6.59. The van der Waals surface area contributed by atoms with Crippen molar-refractivity contribution in [3.63, 3.8) is 0 Å². The first kappa shape index (κ1) is 15.5. The number of hydrogen-bond donors (Lipinski definition) is 1. The van der Waals surface area contributed by atoms with Gasteiger partial charge in [-0.05, 0) is 36.3 Å². The van der Waals surface area contributed by atoms with Gasteiger partial charge in [0.2, 0.25) is 0 Å². The molecule has 0 heterocycles. The second kappa shape index (κ2) is 6.09. The van der Waals surface area contributed by atoms with Gasteiger partial charge in [0, 0.05) is 0 Å². The molecule has 1 rings (SSSR count). The van der Waals surface area contributed by atoms with Crippen LogP contribution in [0.5, 0.6) is 5.75 Å². The highest BCUT2D eigenvalue weighted by Crippen LogP contribution is 2.38. The Hall–Kier alpha value is -1.51. The second-order valence-corrected chi connectivity index (χ2v) is 6.30. The van der Waals surface area contributed by atoms with E-state index in [0.717, 1.165) is 23.3 Å². The number of hydrogen-bond acceptors (Lipinski definition) is 2. The van der Waals surface area contributed by atoms with E-state index in [9.17, 15) is 4.79 Å². The summed E-state index contributed by atoms with van der Waals surface area (Å²) >= 11 is 0. The van der Waals surface area contributed by atoms with E-state index in [1.807, 2.05) is 25.1 Å². The van der Waals surface area contributed by atoms with Crippen LogP contribution in [0.15, 0.2) is 18.2 Å². The molecule has 1 aromatic carbocycles. The summed E-state index contributed by atoms with van der Waals surface area (Å²) in [5, 5.41) is 9.13. The number of ether oxygens (including phenoxy) is 1. The molecule has 106 valence electrons. The largest absolute Gasteiger partial charge is 0.496 e. The Morgan fingerprint density at radius 2 is 2.00 bits per heavy atom. The maximum atomic E-state index is 11.1. The van der Waals surface area contributed by atoms with E-state index in [4.69, 9.17) is 9.84 Å². The lowest BCUT2D eigenvalue weighted by atomic mass is 9.79. The highest BCUT2D eigenvalue weighted by molar-refractivity contribution is 5.68. The Bertz CT molecular complexity index is 444. The lowest BCUT2D eigenvalue weighted by molar-refractivity contribution is -0.137. The monoisotopic (exact) mass is 264 g/mol. The average Bonchev–Trinajstić information content (AvgIpc) is 2.25. The zero-order valence-corrected chi connectivity index (χ0v) is 12.5. The lowest BCUT2D eigenvalue weighted by Crippen LogP contribution is -2.16. The minimum atomic E-state index is -0.766. The van der Waals surface area contributed by atoms with Gasteiger partial charge < -0.3 is 9.84 Å². The van der Waals surface area contributed by atoms with Crippen molar-refractivity contribution < 1.29 is 14.6 Å². The summed E-state index contributed by atoms with van der Waals surface area (Å²) in [4.78, 5) is 11.1. The summed E-state index contributed by atoms with van der Waals surface area (Å²) in [5.74, 6) is -0.00809. The third-order valence-electron chi connectivity index (χ3n) is 3.10. The molecule has 3 heteroatoms. The molecule has 0 aromatic heterocycles. The number of rotatable bonds is 5. The van der Waals surface area contributed by atoms with Gasteiger partial charge >= 0.3 is 5.97 Å². The molecule has 0 radical (unpaired) electrons. The van der Waals surface area contributed by atoms with Gasteiger partial charge in [-0.1, -0.05) is 38.5 Å². The van der Waals surface area contributed by atoms with E-state index in [1.165, 1.54) is 0 Å². The van der Waals surface area contributed by atoms with Crippen molar-refractivity contribution in [1.82, 2.24) is 0 Å². The summed E-state index contributed by atoms with van der Waals surface area (Å²) in [5.41, 5.74) is 2.20. The molecule has 1 atom stereocenters. The van der Waals surface area contributed by atoms with Gasteiger partial charge in [0.25, 0.3) is 0 Å². The Balaban J connectivity index is 3.15. The molecule has 0 bridgehead atoms. The Labute approximate surface area is 115 Å². The molecule has 0 aliphatic carbocycles. The van der Waals surface area contributed by atoms with E-state index in [-0.39, 0.29) is 17.8 Å². The summed E-state index contributed by atoms with van der Waals surface area (Å²) in [7, 11) is 1.63. The van der Waals surface area contributed by atoms with Crippen LogP contribution in [-0.4, -0.2) is 18.2 Å². The molecule has 0 spiro atoms. The highest BCUT2D eigenvalue weighted by atomic mass is 16.5. The van der Waals surface area contributed by atoms with Crippen LogP contribution >= 0.6 is 0 Å². The summed E-state index contributed by atoms with van der Waals surface area (Å²) in [6.45, 7) is 8.40. The zero-order chi connectivity index (χ0) is 14.6. The van der Waals surface area contributed by atoms with Crippen LogP contribution in [0.3, 0.4) is 0 Å². The molecule has 0 saturated carbocycles. The summed E-state index contributed by atoms with van der Waals surface area (Å²) in [6.07, 6.45) is 0.955. The smallest absolute Gasteiger partial charge is 0.303 e. The van der Waals surface area contributed by atoms with Crippen LogP contribution in [-0.2, 0) is 4.79 Å². The fourth-order valence-electron chi connectivity index (χ4n) is 2.41. The highest BCUT2D eigenvalue weighted by Gasteiger charge is 2.25. The summed E-state index contributed by atoms with van der Waals surface area (Å²) < 4.78 is 5.38. The number of aryl methyl sites for hydroxylation is 1. The van der Waals surface area contributed by atoms with Crippen molar-refractivity contribution in [3.05, 3.63) is 29.3 Å². The van der Waals surface area contributed by atoms with Crippen LogP contribution in [0.2, 0.25) is 0 Å². The van der Waals surface area contributed by atoms with Crippen LogP contribution < -0.4 is 4.74 Å². The molecule has 1 unspecified atom stereocenters. The van der Waals surface area contributed by atoms with Gasteiger partial charge in [-0.25, -0.2) is 0 Å². The number of benzene rings is 1. The van der Waals surface area contributed by atoms with E-state index in [0.29, 0.717) is 0 Å². The predicted octanol–water partition coefficient (Wildman–Crippen LogP) is 4.00. The van der Waals surface area contributed by atoms with Crippen LogP contribution in [0.25, 0.3) is 0 Å². The molecule has 0 fully saturated rings. The Morgan fingerprint density at radius 3 is 2.47 bits per heavy atom. The predicted molar refractivity (Wildman–Crippen MR) is 76.8 cm³/mol. The van der Waals surface area contributed by atoms with Gasteiger partial charge in [-0.15, -0.1) is 0 Å². The molecule has 1 aromatic rings. The van der Waals surface area contributed by atoms with Gasteiger partial charge in [0.1, 0.15) is 5.75 Å². The average molecular weight is 264 g/mol. The third-order valence-corrected chi connectivity index (χ3v) is 3.10. The minimum absolute atomic E-state index is 0.0210. The van der Waals surface area contributed by atoms with E-state index >= 15 is 0 Å². The van der Waals surface area contributed by atoms with Crippen molar-refractivity contribution in [3.8, 4) is 5.75 Å². The second-order valence-electron chi connectivity index (χ2n) is 6.30. The van der Waals surface area contributed by atoms with Gasteiger partial charge in [-0.2, -0.15) is 0 Å². The van der Waals surface area contributed by atoms with Gasteiger partial charge in [0.05, 0.1) is 13.5 Å². The zero-order valence-electron chi connectivity index (χ0n) is 12.5. The number of carboxylic acid groups (broad SMARTS) is 1. The normalized spacial score (nSPS) is 13.1. The van der Waals surface area contributed by atoms with Crippen molar-refractivity contribution >= 4 is 5.97 Å². The Kier molecular flexibility index (Phi) is 4.98. The van der Waals surface area contributed by atoms with Crippen LogP contribution in [0.4, 0.5) is 0 Å². The third kappa shape index (κ3) is 4.93. The fourth-order valence-corrected chi connectivity index (χ4v) is 2.41. The van der Waals surface area contributed by atoms with Gasteiger partial charge in [-0.3, -0.25) is 4.79 Å². The minimum Gasteiger partial charge on any atom is -0.496 e. The number of aliphatic carboxylic acids is 1. The van der Waals surface area contributed by atoms with E-state index in [1.54, 1.807) is 7.11 Å². The van der Waals surface area contributed by atoms with Crippen molar-refractivity contribution in [2.75, 3.05) is 7.11 Å². The SMILES string of the molecule is COc1ccc(C)cc1C(CC(=O)O)CC(C)(C)C. The molecule has 0 amide bonds. The first-order chi connectivity index (χ1) is 8.73. The molecule has 19 heavy (non-hydrogen) atoms. The number of carbonyl (C=O) groups is 1. The molecule has 0 aliphatic rings. The fraction of sp³-hybridized carbons (Fsp3) is 0.562. The maximum absolute atomic E-state index is 11.1. The number of methoxy groups -OCH3 is 1. The van der Waals surface area contributed by atoms with Crippen LogP contribution in [0.1, 0.15) is 50.7 Å². The first-order valence-electron chi connectivity index (χ1n) is 6.59. The van der Waals surface area contributed by atoms with Crippen molar-refractivity contribution in [2.24, 2.45) is 5.41 Å². The molecule has 1 N–H and O–H groups in total. The Morgan fingerprint density at radius 1 is 1.37 bits per heavy atom. The van der Waals surface area contributed by atoms with E-state index in [2.05, 4.69) is 20.8 Å². The molecule has 3 nitrogen and oxygen atoms in total. The molecular weight excluding hydrogens is 240 g/mol. The van der Waals surface area contributed by atoms with Crippen LogP contribution in [0, 0.1) is 12.3 Å². The molecule has 0 aliphatic heterocycles. The summed E-state index contributed by atoms with van der Waals surface area (Å²) in [6, 6.07) is 5.94. The topological polar surface area (TPSA) is 46.5 Å². The van der Waals surface area contributed by atoms with E-state index < -0.39 is 5.97 Å². The maximum Gasteiger partial charge on any atom is 0.303 e. The lowest BCUT2D eigenvalue weighted by Gasteiger charge is -2.26. The quantitative estimate of drug-likeness (QED) is 0.874. The number of carboxylic acids is 1. The molecule has 0 saturated heterocycles. The van der Waals surface area contributed by atoms with Gasteiger partial charge in [0.15, 0.2) is 0 Å².